The number of amides is 1. The number of carbonyl (C=O) groups is 2. The number of rotatable bonds is 6. The van der Waals surface area contributed by atoms with Crippen molar-refractivity contribution >= 4 is 23.1 Å². The average molecular weight is 464 g/mol. The van der Waals surface area contributed by atoms with Crippen LogP contribution in [0.1, 0.15) is 36.0 Å². The summed E-state index contributed by atoms with van der Waals surface area (Å²) in [5.41, 5.74) is -3.76. The molecule has 0 spiro atoms. The maximum absolute atomic E-state index is 14.2. The van der Waals surface area contributed by atoms with Gasteiger partial charge in [-0.2, -0.15) is 26.3 Å². The second-order valence-corrected chi connectivity index (χ2v) is 7.40. The van der Waals surface area contributed by atoms with Crippen LogP contribution in [-0.4, -0.2) is 16.9 Å². The largest absolute Gasteiger partial charge is 0.418 e. The molecule has 172 valence electrons. The Hall–Kier alpha value is -3.15. The molecule has 3 rings (SSSR count). The van der Waals surface area contributed by atoms with Crippen molar-refractivity contribution in [2.75, 3.05) is 10.8 Å². The standard InChI is InChI=1S/C20H15F7N2O3/c21-14-3-1-10(19(22,23)24)7-12(14)18(5-6-18)9-16(30)17(31)28-11-2-4-15(29-32)13(8-11)20(25,26)27/h1-4,7-8,29,32H,5-6,9H2,(H,28,31). The number of carbonyl (C=O) groups excluding carboxylic acids is 2. The minimum atomic E-state index is -4.88. The van der Waals surface area contributed by atoms with E-state index in [-0.39, 0.29) is 18.4 Å². The number of hydrogen-bond acceptors (Lipinski definition) is 4. The fourth-order valence-corrected chi connectivity index (χ4v) is 3.34. The van der Waals surface area contributed by atoms with Crippen molar-refractivity contribution in [2.24, 2.45) is 0 Å². The van der Waals surface area contributed by atoms with Crippen molar-refractivity contribution in [3.05, 3.63) is 58.9 Å². The molecule has 12 heteroatoms. The number of benzene rings is 2. The SMILES string of the molecule is O=C(CC1(c2cc(C(F)(F)F)ccc2F)CC1)C(=O)Nc1ccc(NO)c(C(F)(F)F)c1. The van der Waals surface area contributed by atoms with Crippen LogP contribution in [0.25, 0.3) is 0 Å². The lowest BCUT2D eigenvalue weighted by atomic mass is 9.88. The molecule has 0 radical (unpaired) electrons. The van der Waals surface area contributed by atoms with Crippen molar-refractivity contribution in [2.45, 2.75) is 37.0 Å². The molecule has 1 fully saturated rings. The van der Waals surface area contributed by atoms with Crippen molar-refractivity contribution in [3.63, 3.8) is 0 Å². The zero-order chi connectivity index (χ0) is 23.9. The molecule has 0 saturated heterocycles. The third-order valence-electron chi connectivity index (χ3n) is 5.17. The van der Waals surface area contributed by atoms with Crippen LogP contribution in [0, 0.1) is 5.82 Å². The monoisotopic (exact) mass is 464 g/mol. The van der Waals surface area contributed by atoms with Crippen LogP contribution in [0.3, 0.4) is 0 Å². The lowest BCUT2D eigenvalue weighted by Gasteiger charge is -2.18. The van der Waals surface area contributed by atoms with Gasteiger partial charge in [0.25, 0.3) is 5.91 Å². The average Bonchev–Trinajstić information content (AvgIpc) is 3.46. The van der Waals surface area contributed by atoms with E-state index in [9.17, 15) is 40.3 Å². The van der Waals surface area contributed by atoms with Gasteiger partial charge in [-0.05, 0) is 54.8 Å². The molecular formula is C20H15F7N2O3. The molecule has 1 amide bonds. The van der Waals surface area contributed by atoms with E-state index >= 15 is 0 Å². The summed E-state index contributed by atoms with van der Waals surface area (Å²) in [6.07, 6.45) is -9.89. The molecule has 0 atom stereocenters. The predicted molar refractivity (Wildman–Crippen MR) is 97.4 cm³/mol. The highest BCUT2D eigenvalue weighted by Crippen LogP contribution is 2.52. The number of anilines is 2. The van der Waals surface area contributed by atoms with E-state index < -0.39 is 64.2 Å². The highest BCUT2D eigenvalue weighted by molar-refractivity contribution is 6.40. The van der Waals surface area contributed by atoms with Crippen LogP contribution in [-0.2, 0) is 27.4 Å². The van der Waals surface area contributed by atoms with Crippen LogP contribution >= 0.6 is 0 Å². The fraction of sp³-hybridized carbons (Fsp3) is 0.300. The van der Waals surface area contributed by atoms with Crippen LogP contribution in [0.15, 0.2) is 36.4 Å². The van der Waals surface area contributed by atoms with Crippen LogP contribution in [0.4, 0.5) is 42.1 Å². The Balaban J connectivity index is 1.78. The maximum Gasteiger partial charge on any atom is 0.418 e. The molecule has 0 bridgehead atoms. The van der Waals surface area contributed by atoms with Gasteiger partial charge in [0.2, 0.25) is 5.78 Å². The van der Waals surface area contributed by atoms with E-state index in [1.807, 2.05) is 5.32 Å². The van der Waals surface area contributed by atoms with E-state index in [0.717, 1.165) is 12.1 Å². The van der Waals surface area contributed by atoms with Crippen molar-refractivity contribution in [3.8, 4) is 0 Å². The van der Waals surface area contributed by atoms with Gasteiger partial charge in [0.05, 0.1) is 16.8 Å². The molecule has 3 N–H and O–H groups in total. The number of alkyl halides is 6. The molecular weight excluding hydrogens is 449 g/mol. The summed E-state index contributed by atoms with van der Waals surface area (Å²) in [6.45, 7) is 0. The van der Waals surface area contributed by atoms with Crippen molar-refractivity contribution < 1.29 is 45.5 Å². The zero-order valence-corrected chi connectivity index (χ0v) is 16.0. The minimum Gasteiger partial charge on any atom is -0.319 e. The lowest BCUT2D eigenvalue weighted by molar-refractivity contribution is -0.138. The van der Waals surface area contributed by atoms with E-state index in [1.54, 1.807) is 0 Å². The Bertz CT molecular complexity index is 1060. The van der Waals surface area contributed by atoms with E-state index in [0.29, 0.717) is 24.3 Å². The lowest BCUT2D eigenvalue weighted by Crippen LogP contribution is -2.27. The second kappa shape index (κ2) is 8.08. The normalized spacial score (nSPS) is 15.2. The summed E-state index contributed by atoms with van der Waals surface area (Å²) < 4.78 is 92.2. The quantitative estimate of drug-likeness (QED) is 0.308. The number of ketones is 1. The first-order chi connectivity index (χ1) is 14.8. The van der Waals surface area contributed by atoms with Gasteiger partial charge >= 0.3 is 12.4 Å². The molecule has 0 unspecified atom stereocenters. The number of halogens is 7. The third-order valence-corrected chi connectivity index (χ3v) is 5.17. The van der Waals surface area contributed by atoms with Gasteiger partial charge in [-0.3, -0.25) is 20.3 Å². The maximum atomic E-state index is 14.2. The van der Waals surface area contributed by atoms with Crippen LogP contribution < -0.4 is 10.8 Å². The van der Waals surface area contributed by atoms with E-state index in [2.05, 4.69) is 0 Å². The molecule has 2 aromatic carbocycles. The molecule has 1 saturated carbocycles. The van der Waals surface area contributed by atoms with E-state index in [4.69, 9.17) is 5.21 Å². The molecule has 0 aliphatic heterocycles. The molecule has 0 heterocycles. The second-order valence-electron chi connectivity index (χ2n) is 7.40. The molecule has 2 aromatic rings. The topological polar surface area (TPSA) is 78.4 Å². The Morgan fingerprint density at radius 3 is 2.16 bits per heavy atom. The highest BCUT2D eigenvalue weighted by atomic mass is 19.4. The van der Waals surface area contributed by atoms with Gasteiger partial charge in [0.15, 0.2) is 0 Å². The summed E-state index contributed by atoms with van der Waals surface area (Å²) in [5, 5.41) is 10.8. The Labute approximate surface area is 176 Å². The Kier molecular flexibility index (Phi) is 5.94. The van der Waals surface area contributed by atoms with Gasteiger partial charge in [-0.25, -0.2) is 4.39 Å². The number of hydrogen-bond donors (Lipinski definition) is 3. The fourth-order valence-electron chi connectivity index (χ4n) is 3.34. The first-order valence-electron chi connectivity index (χ1n) is 9.10. The predicted octanol–water partition coefficient (Wildman–Crippen LogP) is 5.29. The molecule has 32 heavy (non-hydrogen) atoms. The molecule has 1 aliphatic carbocycles. The number of Topliss-reactive ketones (excluding diaryl/α,β-unsaturated/α-hetero) is 1. The molecule has 1 aliphatic rings. The summed E-state index contributed by atoms with van der Waals surface area (Å²) in [5.74, 6) is -3.38. The van der Waals surface area contributed by atoms with Crippen molar-refractivity contribution in [1.82, 2.24) is 0 Å². The minimum absolute atomic E-state index is 0.166. The van der Waals surface area contributed by atoms with E-state index in [1.165, 1.54) is 5.48 Å². The van der Waals surface area contributed by atoms with Gasteiger partial charge in [-0.1, -0.05) is 0 Å². The van der Waals surface area contributed by atoms with Crippen LogP contribution in [0.2, 0.25) is 0 Å². The highest BCUT2D eigenvalue weighted by Gasteiger charge is 2.49. The van der Waals surface area contributed by atoms with Gasteiger partial charge < -0.3 is 5.32 Å². The van der Waals surface area contributed by atoms with Crippen molar-refractivity contribution in [1.29, 1.82) is 0 Å². The third kappa shape index (κ3) is 4.85. The summed E-state index contributed by atoms with van der Waals surface area (Å²) >= 11 is 0. The molecule has 0 aromatic heterocycles. The number of nitrogens with one attached hydrogen (secondary N) is 2. The summed E-state index contributed by atoms with van der Waals surface area (Å²) in [7, 11) is 0. The van der Waals surface area contributed by atoms with Gasteiger partial charge in [0.1, 0.15) is 5.82 Å². The molecule has 5 nitrogen and oxygen atoms in total. The Morgan fingerprint density at radius 1 is 0.969 bits per heavy atom. The first-order valence-corrected chi connectivity index (χ1v) is 9.10. The van der Waals surface area contributed by atoms with Gasteiger partial charge in [-0.15, -0.1) is 0 Å². The summed E-state index contributed by atoms with van der Waals surface area (Å²) in [6, 6.07) is 4.11. The van der Waals surface area contributed by atoms with Crippen LogP contribution in [0.5, 0.6) is 0 Å². The zero-order valence-electron chi connectivity index (χ0n) is 16.0. The Morgan fingerprint density at radius 2 is 1.62 bits per heavy atom. The first kappa shape index (κ1) is 23.5. The van der Waals surface area contributed by atoms with Gasteiger partial charge in [0, 0.05) is 17.5 Å². The summed E-state index contributed by atoms with van der Waals surface area (Å²) in [4.78, 5) is 24.5. The smallest absolute Gasteiger partial charge is 0.319 e.